The van der Waals surface area contributed by atoms with E-state index in [4.69, 9.17) is 0 Å². The van der Waals surface area contributed by atoms with E-state index in [0.29, 0.717) is 5.76 Å². The first-order valence-corrected chi connectivity index (χ1v) is 4.48. The van der Waals surface area contributed by atoms with Gasteiger partial charge < -0.3 is 4.18 Å². The Kier molecular flexibility index (Phi) is 1.48. The molecule has 0 fully saturated rings. The lowest BCUT2D eigenvalue weighted by atomic mass is 10.1. The minimum Gasteiger partial charge on any atom is -0.387 e. The van der Waals surface area contributed by atoms with Gasteiger partial charge in [0, 0.05) is 6.42 Å². The Bertz CT molecular complexity index is 225. The third-order valence-electron chi connectivity index (χ3n) is 1.02. The van der Waals surface area contributed by atoms with Crippen LogP contribution in [-0.4, -0.2) is 14.7 Å². The van der Waals surface area contributed by atoms with Crippen LogP contribution in [0.15, 0.2) is 11.8 Å². The van der Waals surface area contributed by atoms with Crippen LogP contribution in [0.2, 0.25) is 0 Å². The van der Waals surface area contributed by atoms with Gasteiger partial charge in [0.2, 0.25) is 0 Å². The molecule has 0 atom stereocenters. The Balaban J connectivity index is 2.53. The predicted octanol–water partition coefficient (Wildman–Crippen LogP) is 0.640. The predicted molar refractivity (Wildman–Crippen MR) is 33.2 cm³/mol. The van der Waals surface area contributed by atoms with E-state index in [2.05, 4.69) is 4.18 Å². The molecule has 0 aliphatic heterocycles. The molecule has 0 amide bonds. The van der Waals surface area contributed by atoms with Crippen molar-refractivity contribution in [2.24, 2.45) is 0 Å². The molecule has 9 heavy (non-hydrogen) atoms. The van der Waals surface area contributed by atoms with Crippen LogP contribution >= 0.6 is 0 Å². The minimum absolute atomic E-state index is 0.581. The zero-order valence-electron chi connectivity index (χ0n) is 5.12. The van der Waals surface area contributed by atoms with Gasteiger partial charge in [-0.2, -0.15) is 8.42 Å². The molecule has 1 aliphatic carbocycles. The molecule has 0 aromatic carbocycles. The van der Waals surface area contributed by atoms with Gasteiger partial charge in [0.25, 0.3) is 0 Å². The highest BCUT2D eigenvalue weighted by atomic mass is 32.2. The van der Waals surface area contributed by atoms with Gasteiger partial charge in [-0.05, 0) is 12.5 Å². The summed E-state index contributed by atoms with van der Waals surface area (Å²) in [5.74, 6) is 0.581. The third-order valence-corrected chi connectivity index (χ3v) is 1.54. The summed E-state index contributed by atoms with van der Waals surface area (Å²) >= 11 is 0. The minimum atomic E-state index is -3.25. The second-order valence-electron chi connectivity index (χ2n) is 2.00. The molecule has 0 saturated heterocycles. The third kappa shape index (κ3) is 2.05. The van der Waals surface area contributed by atoms with E-state index < -0.39 is 10.1 Å². The fourth-order valence-corrected chi connectivity index (χ4v) is 1.07. The van der Waals surface area contributed by atoms with Crippen molar-refractivity contribution in [3.05, 3.63) is 11.8 Å². The smallest absolute Gasteiger partial charge is 0.305 e. The van der Waals surface area contributed by atoms with Crippen molar-refractivity contribution in [2.45, 2.75) is 12.8 Å². The summed E-state index contributed by atoms with van der Waals surface area (Å²) < 4.78 is 25.2. The van der Waals surface area contributed by atoms with Crippen LogP contribution in [0.4, 0.5) is 0 Å². The normalized spacial score (nSPS) is 18.1. The van der Waals surface area contributed by atoms with E-state index >= 15 is 0 Å². The molecule has 52 valence electrons. The van der Waals surface area contributed by atoms with E-state index in [1.165, 1.54) is 0 Å². The fraction of sp³-hybridized carbons (Fsp3) is 0.600. The molecule has 0 saturated carbocycles. The first-order valence-electron chi connectivity index (χ1n) is 2.66. The molecule has 0 aromatic heterocycles. The SMILES string of the molecule is CS(=O)(=O)OC1=CCC1. The highest BCUT2D eigenvalue weighted by Crippen LogP contribution is 2.20. The average Bonchev–Trinajstić information content (AvgIpc) is 1.53. The largest absolute Gasteiger partial charge is 0.387 e. The quantitative estimate of drug-likeness (QED) is 0.540. The maximum absolute atomic E-state index is 10.4. The number of hydrogen-bond acceptors (Lipinski definition) is 3. The van der Waals surface area contributed by atoms with Crippen molar-refractivity contribution in [1.82, 2.24) is 0 Å². The summed E-state index contributed by atoms with van der Waals surface area (Å²) in [6.07, 6.45) is 4.51. The standard InChI is InChI=1S/C5H8O3S/c1-9(6,7)8-5-3-2-4-5/h3H,2,4H2,1H3. The molecule has 0 heterocycles. The summed E-state index contributed by atoms with van der Waals surface area (Å²) in [5, 5.41) is 0. The summed E-state index contributed by atoms with van der Waals surface area (Å²) in [7, 11) is -3.25. The number of allylic oxidation sites excluding steroid dienone is 2. The van der Waals surface area contributed by atoms with E-state index in [9.17, 15) is 8.42 Å². The zero-order chi connectivity index (χ0) is 6.91. The van der Waals surface area contributed by atoms with Gasteiger partial charge in [-0.15, -0.1) is 0 Å². The maximum atomic E-state index is 10.4. The van der Waals surface area contributed by atoms with Crippen molar-refractivity contribution in [1.29, 1.82) is 0 Å². The maximum Gasteiger partial charge on any atom is 0.305 e. The molecule has 0 radical (unpaired) electrons. The number of hydrogen-bond donors (Lipinski definition) is 0. The Morgan fingerprint density at radius 2 is 2.22 bits per heavy atom. The summed E-state index contributed by atoms with van der Waals surface area (Å²) in [4.78, 5) is 0. The molecule has 1 aliphatic rings. The van der Waals surface area contributed by atoms with Crippen LogP contribution in [0.3, 0.4) is 0 Å². The van der Waals surface area contributed by atoms with Gasteiger partial charge in [-0.3, -0.25) is 0 Å². The molecular weight excluding hydrogens is 140 g/mol. The Hall–Kier alpha value is -0.510. The average molecular weight is 148 g/mol. The Morgan fingerprint density at radius 3 is 2.33 bits per heavy atom. The molecule has 0 aromatic rings. The molecule has 0 unspecified atom stereocenters. The lowest BCUT2D eigenvalue weighted by Gasteiger charge is -2.12. The van der Waals surface area contributed by atoms with Gasteiger partial charge in [0.05, 0.1) is 6.26 Å². The van der Waals surface area contributed by atoms with Gasteiger partial charge >= 0.3 is 10.1 Å². The van der Waals surface area contributed by atoms with Gasteiger partial charge in [-0.1, -0.05) is 0 Å². The molecule has 0 spiro atoms. The molecule has 0 bridgehead atoms. The first-order chi connectivity index (χ1) is 4.08. The van der Waals surface area contributed by atoms with Crippen molar-refractivity contribution in [3.63, 3.8) is 0 Å². The second-order valence-corrected chi connectivity index (χ2v) is 3.57. The van der Waals surface area contributed by atoms with Gasteiger partial charge in [-0.25, -0.2) is 0 Å². The van der Waals surface area contributed by atoms with Gasteiger partial charge in [0.15, 0.2) is 0 Å². The van der Waals surface area contributed by atoms with E-state index in [-0.39, 0.29) is 0 Å². The van der Waals surface area contributed by atoms with Crippen LogP contribution in [0.25, 0.3) is 0 Å². The Labute approximate surface area is 54.5 Å². The molecule has 0 N–H and O–H groups in total. The van der Waals surface area contributed by atoms with Crippen molar-refractivity contribution in [2.75, 3.05) is 6.26 Å². The Morgan fingerprint density at radius 1 is 1.67 bits per heavy atom. The highest BCUT2D eigenvalue weighted by molar-refractivity contribution is 7.86. The monoisotopic (exact) mass is 148 g/mol. The molecule has 1 rings (SSSR count). The van der Waals surface area contributed by atoms with Crippen LogP contribution in [0.1, 0.15) is 12.8 Å². The molecule has 4 heteroatoms. The van der Waals surface area contributed by atoms with Crippen LogP contribution in [-0.2, 0) is 14.3 Å². The lowest BCUT2D eigenvalue weighted by Crippen LogP contribution is -2.06. The van der Waals surface area contributed by atoms with Crippen LogP contribution in [0, 0.1) is 0 Å². The van der Waals surface area contributed by atoms with E-state index in [0.717, 1.165) is 19.1 Å². The van der Waals surface area contributed by atoms with Crippen molar-refractivity contribution in [3.8, 4) is 0 Å². The summed E-state index contributed by atoms with van der Waals surface area (Å²) in [5.41, 5.74) is 0. The molecule has 3 nitrogen and oxygen atoms in total. The topological polar surface area (TPSA) is 43.4 Å². The summed E-state index contributed by atoms with van der Waals surface area (Å²) in [6, 6.07) is 0. The van der Waals surface area contributed by atoms with Crippen LogP contribution in [0.5, 0.6) is 0 Å². The summed E-state index contributed by atoms with van der Waals surface area (Å²) in [6.45, 7) is 0. The zero-order valence-corrected chi connectivity index (χ0v) is 5.94. The van der Waals surface area contributed by atoms with Crippen molar-refractivity contribution >= 4 is 10.1 Å². The van der Waals surface area contributed by atoms with Crippen LogP contribution < -0.4 is 0 Å². The van der Waals surface area contributed by atoms with E-state index in [1.807, 2.05) is 0 Å². The highest BCUT2D eigenvalue weighted by Gasteiger charge is 2.11. The lowest BCUT2D eigenvalue weighted by molar-refractivity contribution is 0.376. The fourth-order valence-electron chi connectivity index (χ4n) is 0.532. The van der Waals surface area contributed by atoms with Gasteiger partial charge in [0.1, 0.15) is 5.76 Å². The van der Waals surface area contributed by atoms with Crippen molar-refractivity contribution < 1.29 is 12.6 Å². The second kappa shape index (κ2) is 2.02. The molecular formula is C5H8O3S. The van der Waals surface area contributed by atoms with E-state index in [1.54, 1.807) is 6.08 Å². The number of rotatable bonds is 2. The first kappa shape index (κ1) is 6.61.